The molecule has 0 aromatic carbocycles. The zero-order valence-electron chi connectivity index (χ0n) is 16.6. The minimum Gasteiger partial charge on any atom is -0.478 e. The van der Waals surface area contributed by atoms with Crippen LogP contribution in [0.2, 0.25) is 5.15 Å². The highest BCUT2D eigenvalue weighted by atomic mass is 35.5. The van der Waals surface area contributed by atoms with Gasteiger partial charge < -0.3 is 30.3 Å². The standard InChI is InChI=1S/C19H26ClN5O4/c1-4-29-13-6-5-10(8-21-13)14-17(20)23-19(25(2)3)24-18(14)22-12-7-11(9-26)15(27)16(12)28/h5-6,8,11-12,15-16,26-28H,4,7,9H2,1-3H3,(H,22,23,24)/t11-,12-,15-,16+/m1/s1. The minimum absolute atomic E-state index is 0.209. The first kappa shape index (κ1) is 21.5. The van der Waals surface area contributed by atoms with E-state index in [1.165, 1.54) is 0 Å². The highest BCUT2D eigenvalue weighted by Crippen LogP contribution is 2.37. The summed E-state index contributed by atoms with van der Waals surface area (Å²) in [6, 6.07) is 3.03. The lowest BCUT2D eigenvalue weighted by Gasteiger charge is -2.22. The normalized spacial score (nSPS) is 23.8. The number of aliphatic hydroxyl groups is 3. The van der Waals surface area contributed by atoms with Gasteiger partial charge in [0.25, 0.3) is 0 Å². The van der Waals surface area contributed by atoms with Gasteiger partial charge in [-0.1, -0.05) is 11.6 Å². The zero-order chi connectivity index (χ0) is 21.1. The van der Waals surface area contributed by atoms with Crippen LogP contribution in [0.3, 0.4) is 0 Å². The first-order valence-corrected chi connectivity index (χ1v) is 9.81. The van der Waals surface area contributed by atoms with Gasteiger partial charge in [0.05, 0.1) is 24.3 Å². The van der Waals surface area contributed by atoms with Crippen LogP contribution in [-0.4, -0.2) is 75.8 Å². The molecule has 29 heavy (non-hydrogen) atoms. The molecule has 0 saturated heterocycles. The number of aliphatic hydroxyl groups excluding tert-OH is 3. The molecule has 1 fully saturated rings. The Kier molecular flexibility index (Phi) is 6.74. The van der Waals surface area contributed by atoms with Gasteiger partial charge in [0.2, 0.25) is 11.8 Å². The monoisotopic (exact) mass is 423 g/mol. The van der Waals surface area contributed by atoms with E-state index in [9.17, 15) is 15.3 Å². The van der Waals surface area contributed by atoms with E-state index in [-0.39, 0.29) is 11.8 Å². The van der Waals surface area contributed by atoms with Crippen LogP contribution in [0.5, 0.6) is 5.88 Å². The van der Waals surface area contributed by atoms with Crippen molar-refractivity contribution >= 4 is 23.4 Å². The molecule has 1 aliphatic carbocycles. The molecular formula is C19H26ClN5O4. The molecule has 0 amide bonds. The highest BCUT2D eigenvalue weighted by Gasteiger charge is 2.41. The van der Waals surface area contributed by atoms with Crippen molar-refractivity contribution in [2.24, 2.45) is 5.92 Å². The fraction of sp³-hybridized carbons (Fsp3) is 0.526. The Morgan fingerprint density at radius 3 is 2.55 bits per heavy atom. The average molecular weight is 424 g/mol. The number of ether oxygens (including phenoxy) is 1. The first-order valence-electron chi connectivity index (χ1n) is 9.43. The third kappa shape index (κ3) is 4.53. The van der Waals surface area contributed by atoms with Crippen LogP contribution in [0.15, 0.2) is 18.3 Å². The van der Waals surface area contributed by atoms with E-state index < -0.39 is 24.2 Å². The predicted molar refractivity (Wildman–Crippen MR) is 110 cm³/mol. The molecule has 1 aliphatic rings. The second-order valence-corrected chi connectivity index (χ2v) is 7.52. The molecule has 0 aliphatic heterocycles. The molecule has 10 heteroatoms. The molecule has 3 rings (SSSR count). The lowest BCUT2D eigenvalue weighted by molar-refractivity contribution is 0.00446. The van der Waals surface area contributed by atoms with E-state index >= 15 is 0 Å². The van der Waals surface area contributed by atoms with E-state index in [2.05, 4.69) is 20.3 Å². The number of aromatic nitrogens is 3. The molecule has 0 bridgehead atoms. The van der Waals surface area contributed by atoms with Crippen molar-refractivity contribution in [3.05, 3.63) is 23.5 Å². The van der Waals surface area contributed by atoms with Gasteiger partial charge in [0.1, 0.15) is 17.1 Å². The Bertz CT molecular complexity index is 836. The van der Waals surface area contributed by atoms with E-state index in [1.807, 2.05) is 6.92 Å². The fourth-order valence-electron chi connectivity index (χ4n) is 3.37. The van der Waals surface area contributed by atoms with Crippen LogP contribution in [0.4, 0.5) is 11.8 Å². The predicted octanol–water partition coefficient (Wildman–Crippen LogP) is 1.17. The smallest absolute Gasteiger partial charge is 0.228 e. The lowest BCUT2D eigenvalue weighted by atomic mass is 10.1. The maximum absolute atomic E-state index is 10.4. The van der Waals surface area contributed by atoms with Gasteiger partial charge in [-0.15, -0.1) is 0 Å². The largest absolute Gasteiger partial charge is 0.478 e. The minimum atomic E-state index is -1.05. The second-order valence-electron chi connectivity index (χ2n) is 7.16. The molecule has 2 aromatic heterocycles. The van der Waals surface area contributed by atoms with Crippen LogP contribution in [-0.2, 0) is 0 Å². The third-order valence-corrected chi connectivity index (χ3v) is 5.20. The summed E-state index contributed by atoms with van der Waals surface area (Å²) in [5.41, 5.74) is 1.21. The molecule has 0 unspecified atom stereocenters. The summed E-state index contributed by atoms with van der Waals surface area (Å²) in [6.07, 6.45) is -0.0562. The van der Waals surface area contributed by atoms with E-state index in [0.29, 0.717) is 41.8 Å². The van der Waals surface area contributed by atoms with E-state index in [0.717, 1.165) is 0 Å². The van der Waals surface area contributed by atoms with Crippen LogP contribution < -0.4 is 15.0 Å². The zero-order valence-corrected chi connectivity index (χ0v) is 17.3. The molecule has 2 heterocycles. The Labute approximate surface area is 174 Å². The van der Waals surface area contributed by atoms with Gasteiger partial charge >= 0.3 is 0 Å². The number of rotatable bonds is 7. The number of hydrogen-bond acceptors (Lipinski definition) is 9. The summed E-state index contributed by atoms with van der Waals surface area (Å²) in [5.74, 6) is 0.887. The summed E-state index contributed by atoms with van der Waals surface area (Å²) >= 11 is 6.49. The van der Waals surface area contributed by atoms with Crippen molar-refractivity contribution < 1.29 is 20.1 Å². The lowest BCUT2D eigenvalue weighted by Crippen LogP contribution is -2.35. The van der Waals surface area contributed by atoms with Gasteiger partial charge in [-0.2, -0.15) is 4.98 Å². The SMILES string of the molecule is CCOc1ccc(-c2c(Cl)nc(N(C)C)nc2N[C@@H]2C[C@H](CO)[C@@H](O)[C@H]2O)cn1. The van der Waals surface area contributed by atoms with E-state index in [1.54, 1.807) is 37.3 Å². The Hall–Kier alpha value is -2.20. The summed E-state index contributed by atoms with van der Waals surface area (Å²) < 4.78 is 5.38. The van der Waals surface area contributed by atoms with Crippen LogP contribution in [0.25, 0.3) is 11.1 Å². The maximum atomic E-state index is 10.4. The number of anilines is 2. The average Bonchev–Trinajstić information content (AvgIpc) is 2.96. The molecule has 1 saturated carbocycles. The number of nitrogens with zero attached hydrogens (tertiary/aromatic N) is 4. The van der Waals surface area contributed by atoms with Crippen molar-refractivity contribution in [1.82, 2.24) is 15.0 Å². The fourth-order valence-corrected chi connectivity index (χ4v) is 3.64. The molecule has 0 spiro atoms. The van der Waals surface area contributed by atoms with Crippen molar-refractivity contribution in [3.63, 3.8) is 0 Å². The third-order valence-electron chi connectivity index (χ3n) is 4.93. The van der Waals surface area contributed by atoms with E-state index in [4.69, 9.17) is 16.3 Å². The van der Waals surface area contributed by atoms with Gasteiger partial charge in [-0.3, -0.25) is 0 Å². The summed E-state index contributed by atoms with van der Waals surface area (Å²) in [4.78, 5) is 14.9. The number of nitrogens with one attached hydrogen (secondary N) is 1. The quantitative estimate of drug-likeness (QED) is 0.486. The number of pyridine rings is 1. The summed E-state index contributed by atoms with van der Waals surface area (Å²) in [5, 5.41) is 33.4. The first-order chi connectivity index (χ1) is 13.8. The Morgan fingerprint density at radius 2 is 2.00 bits per heavy atom. The second kappa shape index (κ2) is 9.08. The van der Waals surface area contributed by atoms with Crippen molar-refractivity contribution in [3.8, 4) is 17.0 Å². The maximum Gasteiger partial charge on any atom is 0.228 e. The van der Waals surface area contributed by atoms with Crippen molar-refractivity contribution in [2.75, 3.05) is 37.5 Å². The number of hydrogen-bond donors (Lipinski definition) is 4. The molecule has 2 aromatic rings. The van der Waals surface area contributed by atoms with Gasteiger partial charge in [-0.25, -0.2) is 9.97 Å². The van der Waals surface area contributed by atoms with Crippen molar-refractivity contribution in [2.45, 2.75) is 31.6 Å². The molecule has 9 nitrogen and oxygen atoms in total. The molecule has 0 radical (unpaired) electrons. The Balaban J connectivity index is 2.00. The van der Waals surface area contributed by atoms with Gasteiger partial charge in [-0.05, 0) is 19.4 Å². The topological polar surface area (TPSA) is 124 Å². The highest BCUT2D eigenvalue weighted by molar-refractivity contribution is 6.32. The van der Waals surface area contributed by atoms with Crippen LogP contribution >= 0.6 is 11.6 Å². The van der Waals surface area contributed by atoms with Gasteiger partial charge in [0.15, 0.2) is 0 Å². The van der Waals surface area contributed by atoms with Crippen molar-refractivity contribution in [1.29, 1.82) is 0 Å². The van der Waals surface area contributed by atoms with Gasteiger partial charge in [0, 0.05) is 44.4 Å². The van der Waals surface area contributed by atoms with Crippen LogP contribution in [0, 0.1) is 5.92 Å². The molecule has 4 atom stereocenters. The molecule has 158 valence electrons. The molecular weight excluding hydrogens is 398 g/mol. The Morgan fingerprint density at radius 1 is 1.24 bits per heavy atom. The molecule has 4 N–H and O–H groups in total. The van der Waals surface area contributed by atoms with Crippen LogP contribution in [0.1, 0.15) is 13.3 Å². The summed E-state index contributed by atoms with van der Waals surface area (Å²) in [7, 11) is 3.59. The summed E-state index contributed by atoms with van der Waals surface area (Å²) in [6.45, 7) is 2.18. The number of halogens is 1.